The van der Waals surface area contributed by atoms with Crippen LogP contribution in [-0.2, 0) is 6.42 Å². The molecule has 1 atom stereocenters. The summed E-state index contributed by atoms with van der Waals surface area (Å²) in [5.41, 5.74) is 1.10. The molecule has 0 aliphatic rings. The lowest BCUT2D eigenvalue weighted by atomic mass is 10.1. The van der Waals surface area contributed by atoms with Gasteiger partial charge in [0.05, 0.1) is 5.01 Å². The minimum absolute atomic E-state index is 0.238. The molecule has 90 valence electrons. The van der Waals surface area contributed by atoms with E-state index in [-0.39, 0.29) is 6.04 Å². The Kier molecular flexibility index (Phi) is 4.12. The van der Waals surface area contributed by atoms with Gasteiger partial charge in [0.25, 0.3) is 0 Å². The summed E-state index contributed by atoms with van der Waals surface area (Å²) in [5.74, 6) is 0.316. The predicted octanol–water partition coefficient (Wildman–Crippen LogP) is 2.74. The average molecular weight is 248 g/mol. The summed E-state index contributed by atoms with van der Waals surface area (Å²) in [5, 5.41) is 16.0. The molecule has 0 bridgehead atoms. The summed E-state index contributed by atoms with van der Waals surface area (Å²) in [6.45, 7) is 2.99. The summed E-state index contributed by atoms with van der Waals surface area (Å²) in [7, 11) is 0. The molecule has 0 aliphatic carbocycles. The normalized spacial score (nSPS) is 12.5. The highest BCUT2D eigenvalue weighted by Crippen LogP contribution is 2.17. The number of aromatic hydroxyl groups is 1. The third kappa shape index (κ3) is 3.54. The van der Waals surface area contributed by atoms with Gasteiger partial charge in [-0.15, -0.1) is 11.3 Å². The van der Waals surface area contributed by atoms with Crippen molar-refractivity contribution in [3.05, 3.63) is 46.4 Å². The molecule has 2 aromatic rings. The van der Waals surface area contributed by atoms with Crippen LogP contribution in [0.3, 0.4) is 0 Å². The van der Waals surface area contributed by atoms with Crippen LogP contribution in [0.5, 0.6) is 5.75 Å². The molecule has 2 N–H and O–H groups in total. The molecule has 1 unspecified atom stereocenters. The standard InChI is InChI=1S/C13H16N2OS/c1-10(11-3-2-4-12(16)9-11)14-6-5-13-15-7-8-17-13/h2-4,7-10,14,16H,5-6H2,1H3. The van der Waals surface area contributed by atoms with Crippen molar-refractivity contribution in [1.82, 2.24) is 10.3 Å². The van der Waals surface area contributed by atoms with Gasteiger partial charge in [-0.25, -0.2) is 4.98 Å². The zero-order valence-electron chi connectivity index (χ0n) is 9.76. The van der Waals surface area contributed by atoms with Crippen LogP contribution in [0, 0.1) is 0 Å². The van der Waals surface area contributed by atoms with Gasteiger partial charge < -0.3 is 10.4 Å². The maximum atomic E-state index is 9.40. The quantitative estimate of drug-likeness (QED) is 0.855. The molecule has 0 saturated carbocycles. The van der Waals surface area contributed by atoms with Gasteiger partial charge in [-0.05, 0) is 24.6 Å². The SMILES string of the molecule is CC(NCCc1nccs1)c1cccc(O)c1. The van der Waals surface area contributed by atoms with E-state index in [0.29, 0.717) is 5.75 Å². The zero-order chi connectivity index (χ0) is 12.1. The molecule has 4 heteroatoms. The number of nitrogens with one attached hydrogen (secondary N) is 1. The van der Waals surface area contributed by atoms with E-state index in [1.54, 1.807) is 23.5 Å². The first kappa shape index (κ1) is 12.1. The highest BCUT2D eigenvalue weighted by atomic mass is 32.1. The molecule has 2 rings (SSSR count). The summed E-state index contributed by atoms with van der Waals surface area (Å²) in [6, 6.07) is 7.60. The second kappa shape index (κ2) is 5.80. The fraction of sp³-hybridized carbons (Fsp3) is 0.308. The molecule has 0 saturated heterocycles. The van der Waals surface area contributed by atoms with Gasteiger partial charge in [0.15, 0.2) is 0 Å². The maximum absolute atomic E-state index is 9.40. The lowest BCUT2D eigenvalue weighted by Gasteiger charge is -2.13. The molecular formula is C13H16N2OS. The van der Waals surface area contributed by atoms with Gasteiger partial charge in [-0.3, -0.25) is 0 Å². The number of nitrogens with zero attached hydrogens (tertiary/aromatic N) is 1. The summed E-state index contributed by atoms with van der Waals surface area (Å²) in [4.78, 5) is 4.24. The van der Waals surface area contributed by atoms with E-state index < -0.39 is 0 Å². The fourth-order valence-electron chi connectivity index (χ4n) is 1.68. The molecule has 3 nitrogen and oxygen atoms in total. The smallest absolute Gasteiger partial charge is 0.115 e. The van der Waals surface area contributed by atoms with E-state index in [1.165, 1.54) is 0 Å². The van der Waals surface area contributed by atoms with E-state index in [0.717, 1.165) is 23.5 Å². The molecule has 0 aliphatic heterocycles. The Labute approximate surface area is 105 Å². The first-order valence-corrected chi connectivity index (χ1v) is 6.54. The molecule has 17 heavy (non-hydrogen) atoms. The van der Waals surface area contributed by atoms with Crippen LogP contribution in [0.1, 0.15) is 23.5 Å². The number of hydrogen-bond acceptors (Lipinski definition) is 4. The van der Waals surface area contributed by atoms with E-state index in [9.17, 15) is 5.11 Å². The van der Waals surface area contributed by atoms with Crippen molar-refractivity contribution in [2.75, 3.05) is 6.54 Å². The third-order valence-corrected chi connectivity index (χ3v) is 3.48. The van der Waals surface area contributed by atoms with Crippen molar-refractivity contribution in [3.8, 4) is 5.75 Å². The Morgan fingerprint density at radius 3 is 3.06 bits per heavy atom. The average Bonchev–Trinajstić information content (AvgIpc) is 2.82. The molecule has 0 amide bonds. The number of thiazole rings is 1. The Morgan fingerprint density at radius 2 is 2.35 bits per heavy atom. The Bertz CT molecular complexity index is 456. The largest absolute Gasteiger partial charge is 0.508 e. The van der Waals surface area contributed by atoms with Crippen molar-refractivity contribution < 1.29 is 5.11 Å². The number of hydrogen-bond donors (Lipinski definition) is 2. The zero-order valence-corrected chi connectivity index (χ0v) is 10.6. The van der Waals surface area contributed by atoms with Crippen LogP contribution < -0.4 is 5.32 Å². The van der Waals surface area contributed by atoms with Crippen molar-refractivity contribution in [2.45, 2.75) is 19.4 Å². The minimum Gasteiger partial charge on any atom is -0.508 e. The first-order valence-electron chi connectivity index (χ1n) is 5.66. The molecule has 1 aromatic carbocycles. The molecule has 0 radical (unpaired) electrons. The summed E-state index contributed by atoms with van der Waals surface area (Å²) in [6.07, 6.45) is 2.78. The van der Waals surface area contributed by atoms with Crippen LogP contribution in [0.2, 0.25) is 0 Å². The molecular weight excluding hydrogens is 232 g/mol. The first-order chi connectivity index (χ1) is 8.25. The van der Waals surface area contributed by atoms with Crippen LogP contribution in [0.4, 0.5) is 0 Å². The van der Waals surface area contributed by atoms with Gasteiger partial charge in [-0.2, -0.15) is 0 Å². The fourth-order valence-corrected chi connectivity index (χ4v) is 2.30. The number of benzene rings is 1. The molecule has 1 heterocycles. The Hall–Kier alpha value is -1.39. The monoisotopic (exact) mass is 248 g/mol. The van der Waals surface area contributed by atoms with Crippen LogP contribution in [0.15, 0.2) is 35.8 Å². The van der Waals surface area contributed by atoms with E-state index >= 15 is 0 Å². The van der Waals surface area contributed by atoms with Gasteiger partial charge in [0.1, 0.15) is 5.75 Å². The van der Waals surface area contributed by atoms with Crippen molar-refractivity contribution in [3.63, 3.8) is 0 Å². The van der Waals surface area contributed by atoms with Crippen molar-refractivity contribution >= 4 is 11.3 Å². The topological polar surface area (TPSA) is 45.2 Å². The highest BCUT2D eigenvalue weighted by molar-refractivity contribution is 7.09. The van der Waals surface area contributed by atoms with Gasteiger partial charge in [0.2, 0.25) is 0 Å². The molecule has 0 spiro atoms. The summed E-state index contributed by atoms with van der Waals surface area (Å²) >= 11 is 1.68. The number of phenols is 1. The van der Waals surface area contributed by atoms with Crippen LogP contribution >= 0.6 is 11.3 Å². The maximum Gasteiger partial charge on any atom is 0.115 e. The minimum atomic E-state index is 0.238. The van der Waals surface area contributed by atoms with Gasteiger partial charge >= 0.3 is 0 Å². The van der Waals surface area contributed by atoms with E-state index in [4.69, 9.17) is 0 Å². The third-order valence-electron chi connectivity index (χ3n) is 2.64. The molecule has 0 fully saturated rings. The van der Waals surface area contributed by atoms with E-state index in [2.05, 4.69) is 17.2 Å². The lowest BCUT2D eigenvalue weighted by molar-refractivity contribution is 0.472. The van der Waals surface area contributed by atoms with Crippen molar-refractivity contribution in [1.29, 1.82) is 0 Å². The number of rotatable bonds is 5. The van der Waals surface area contributed by atoms with E-state index in [1.807, 2.05) is 23.7 Å². The second-order valence-electron chi connectivity index (χ2n) is 3.95. The second-order valence-corrected chi connectivity index (χ2v) is 4.93. The van der Waals surface area contributed by atoms with Crippen molar-refractivity contribution in [2.24, 2.45) is 0 Å². The van der Waals surface area contributed by atoms with Crippen LogP contribution in [0.25, 0.3) is 0 Å². The predicted molar refractivity (Wildman–Crippen MR) is 70.3 cm³/mol. The summed E-state index contributed by atoms with van der Waals surface area (Å²) < 4.78 is 0. The van der Waals surface area contributed by atoms with Gasteiger partial charge in [-0.1, -0.05) is 12.1 Å². The van der Waals surface area contributed by atoms with Gasteiger partial charge in [0, 0.05) is 30.6 Å². The number of aromatic nitrogens is 1. The Morgan fingerprint density at radius 1 is 1.47 bits per heavy atom. The number of phenolic OH excluding ortho intramolecular Hbond substituents is 1. The molecule has 1 aromatic heterocycles. The van der Waals surface area contributed by atoms with Crippen LogP contribution in [-0.4, -0.2) is 16.6 Å². The highest BCUT2D eigenvalue weighted by Gasteiger charge is 2.05. The lowest BCUT2D eigenvalue weighted by Crippen LogP contribution is -2.21. The Balaban J connectivity index is 1.83.